The van der Waals surface area contributed by atoms with E-state index in [9.17, 15) is 4.79 Å². The summed E-state index contributed by atoms with van der Waals surface area (Å²) >= 11 is 1.53. The molecule has 1 heterocycles. The molecule has 0 aliphatic carbocycles. The van der Waals surface area contributed by atoms with Crippen molar-refractivity contribution >= 4 is 34.3 Å². The topological polar surface area (TPSA) is 51.2 Å². The molecule has 0 spiro atoms. The Bertz CT molecular complexity index is 979. The van der Waals surface area contributed by atoms with Gasteiger partial charge in [0.15, 0.2) is 0 Å². The first-order chi connectivity index (χ1) is 13.5. The first-order valence-corrected chi connectivity index (χ1v) is 10.5. The van der Waals surface area contributed by atoms with Crippen LogP contribution in [0.1, 0.15) is 30.7 Å². The minimum absolute atomic E-state index is 0.00566. The van der Waals surface area contributed by atoms with Gasteiger partial charge in [0.25, 0.3) is 0 Å². The third-order valence-electron chi connectivity index (χ3n) is 4.73. The largest absolute Gasteiger partial charge is 0.497 e. The van der Waals surface area contributed by atoms with Gasteiger partial charge >= 0.3 is 0 Å². The molecule has 0 saturated carbocycles. The highest BCUT2D eigenvalue weighted by Crippen LogP contribution is 2.31. The van der Waals surface area contributed by atoms with E-state index in [0.717, 1.165) is 45.8 Å². The number of pyridine rings is 1. The van der Waals surface area contributed by atoms with Crippen LogP contribution in [0.25, 0.3) is 10.9 Å². The first-order valence-electron chi connectivity index (χ1n) is 9.54. The van der Waals surface area contributed by atoms with E-state index in [0.29, 0.717) is 5.75 Å². The molecule has 146 valence electrons. The quantitative estimate of drug-likeness (QED) is 0.545. The molecule has 0 atom stereocenters. The number of aryl methyl sites for hydroxylation is 3. The summed E-state index contributed by atoms with van der Waals surface area (Å²) in [6.45, 7) is 6.19. The number of carbonyl (C=O) groups excluding carboxylic acids is 1. The van der Waals surface area contributed by atoms with Crippen molar-refractivity contribution in [3.8, 4) is 5.75 Å². The smallest absolute Gasteiger partial charge is 0.234 e. The van der Waals surface area contributed by atoms with Crippen LogP contribution < -0.4 is 10.1 Å². The molecule has 0 unspecified atom stereocenters. The highest BCUT2D eigenvalue weighted by Gasteiger charge is 2.12. The van der Waals surface area contributed by atoms with E-state index in [1.807, 2.05) is 31.2 Å². The maximum atomic E-state index is 12.7. The lowest BCUT2D eigenvalue weighted by atomic mass is 10.0. The van der Waals surface area contributed by atoms with Gasteiger partial charge in [0.05, 0.1) is 18.4 Å². The van der Waals surface area contributed by atoms with Gasteiger partial charge in [-0.2, -0.15) is 0 Å². The number of hydrogen-bond acceptors (Lipinski definition) is 4. The van der Waals surface area contributed by atoms with Gasteiger partial charge in [-0.3, -0.25) is 9.78 Å². The van der Waals surface area contributed by atoms with E-state index in [1.54, 1.807) is 7.11 Å². The standard InChI is InChI=1S/C23H26N2O2S/c1-5-16-8-7-9-17(6-2)23(16)25-22(26)14-28-21-12-15(3)24-20-11-10-18(27-4)13-19(20)21/h7-13H,5-6,14H2,1-4H3,(H,25,26). The summed E-state index contributed by atoms with van der Waals surface area (Å²) in [6.07, 6.45) is 1.79. The Morgan fingerprint density at radius 2 is 1.82 bits per heavy atom. The molecule has 0 fully saturated rings. The number of nitrogens with zero attached hydrogens (tertiary/aromatic N) is 1. The molecule has 5 heteroatoms. The van der Waals surface area contributed by atoms with Gasteiger partial charge in [-0.25, -0.2) is 0 Å². The third kappa shape index (κ3) is 4.47. The van der Waals surface area contributed by atoms with E-state index < -0.39 is 0 Å². The van der Waals surface area contributed by atoms with E-state index in [4.69, 9.17) is 4.74 Å². The lowest BCUT2D eigenvalue weighted by molar-refractivity contribution is -0.113. The second kappa shape index (κ2) is 9.11. The van der Waals surface area contributed by atoms with E-state index >= 15 is 0 Å². The van der Waals surface area contributed by atoms with Crippen LogP contribution in [0.4, 0.5) is 5.69 Å². The van der Waals surface area contributed by atoms with Crippen LogP contribution in [0.5, 0.6) is 5.75 Å². The van der Waals surface area contributed by atoms with Crippen molar-refractivity contribution in [1.82, 2.24) is 4.98 Å². The SMILES string of the molecule is CCc1cccc(CC)c1NC(=O)CSc1cc(C)nc2ccc(OC)cc12. The van der Waals surface area contributed by atoms with Gasteiger partial charge in [-0.15, -0.1) is 11.8 Å². The van der Waals surface area contributed by atoms with Crippen LogP contribution in [0, 0.1) is 6.92 Å². The van der Waals surface area contributed by atoms with Gasteiger partial charge in [0.2, 0.25) is 5.91 Å². The maximum absolute atomic E-state index is 12.7. The maximum Gasteiger partial charge on any atom is 0.234 e. The Balaban J connectivity index is 1.80. The number of nitrogens with one attached hydrogen (secondary N) is 1. The molecular weight excluding hydrogens is 368 g/mol. The van der Waals surface area contributed by atoms with Gasteiger partial charge in [0, 0.05) is 21.7 Å². The number of carbonyl (C=O) groups is 1. The number of ether oxygens (including phenoxy) is 1. The van der Waals surface area contributed by atoms with Crippen LogP contribution in [0.3, 0.4) is 0 Å². The Morgan fingerprint density at radius 3 is 2.46 bits per heavy atom. The molecule has 1 aromatic heterocycles. The molecular formula is C23H26N2O2S. The lowest BCUT2D eigenvalue weighted by Crippen LogP contribution is -2.16. The number of fused-ring (bicyclic) bond motifs is 1. The van der Waals surface area contributed by atoms with Crippen molar-refractivity contribution in [3.05, 3.63) is 59.3 Å². The molecule has 0 bridgehead atoms. The fraction of sp³-hybridized carbons (Fsp3) is 0.304. The monoisotopic (exact) mass is 394 g/mol. The second-order valence-corrected chi connectivity index (χ2v) is 7.66. The molecule has 2 aromatic carbocycles. The van der Waals surface area contributed by atoms with Crippen LogP contribution in [0.2, 0.25) is 0 Å². The number of amides is 1. The fourth-order valence-electron chi connectivity index (χ4n) is 3.27. The van der Waals surface area contributed by atoms with Gasteiger partial charge in [0.1, 0.15) is 5.75 Å². The zero-order valence-corrected chi connectivity index (χ0v) is 17.7. The molecule has 28 heavy (non-hydrogen) atoms. The minimum atomic E-state index is 0.00566. The lowest BCUT2D eigenvalue weighted by Gasteiger charge is -2.14. The number of rotatable bonds is 7. The molecule has 1 amide bonds. The van der Waals surface area contributed by atoms with Crippen molar-refractivity contribution in [3.63, 3.8) is 0 Å². The van der Waals surface area contributed by atoms with Crippen molar-refractivity contribution < 1.29 is 9.53 Å². The molecule has 0 aliphatic heterocycles. The zero-order chi connectivity index (χ0) is 20.1. The molecule has 3 aromatic rings. The second-order valence-electron chi connectivity index (χ2n) is 6.64. The Hall–Kier alpha value is -2.53. The minimum Gasteiger partial charge on any atom is -0.497 e. The highest BCUT2D eigenvalue weighted by molar-refractivity contribution is 8.00. The molecule has 3 rings (SSSR count). The van der Waals surface area contributed by atoms with Crippen LogP contribution in [0.15, 0.2) is 47.4 Å². The Morgan fingerprint density at radius 1 is 1.11 bits per heavy atom. The number of hydrogen-bond donors (Lipinski definition) is 1. The van der Waals surface area contributed by atoms with Crippen molar-refractivity contribution in [1.29, 1.82) is 0 Å². The van der Waals surface area contributed by atoms with E-state index in [2.05, 4.69) is 42.3 Å². The van der Waals surface area contributed by atoms with Crippen molar-refractivity contribution in [2.24, 2.45) is 0 Å². The summed E-state index contributed by atoms with van der Waals surface area (Å²) in [5.74, 6) is 1.14. The summed E-state index contributed by atoms with van der Waals surface area (Å²) in [7, 11) is 1.65. The summed E-state index contributed by atoms with van der Waals surface area (Å²) in [5, 5.41) is 4.14. The summed E-state index contributed by atoms with van der Waals surface area (Å²) in [5.41, 5.74) is 5.16. The zero-order valence-electron chi connectivity index (χ0n) is 16.8. The fourth-order valence-corrected chi connectivity index (χ4v) is 4.20. The number of aromatic nitrogens is 1. The van der Waals surface area contributed by atoms with Crippen molar-refractivity contribution in [2.45, 2.75) is 38.5 Å². The summed E-state index contributed by atoms with van der Waals surface area (Å²) < 4.78 is 5.35. The number of anilines is 1. The number of benzene rings is 2. The summed E-state index contributed by atoms with van der Waals surface area (Å²) in [6, 6.07) is 14.1. The van der Waals surface area contributed by atoms with Crippen LogP contribution in [-0.4, -0.2) is 23.8 Å². The molecule has 4 nitrogen and oxygen atoms in total. The predicted octanol–water partition coefficient (Wildman–Crippen LogP) is 5.41. The average Bonchev–Trinajstić information content (AvgIpc) is 2.71. The molecule has 1 N–H and O–H groups in total. The predicted molar refractivity (Wildman–Crippen MR) is 118 cm³/mol. The van der Waals surface area contributed by atoms with Crippen LogP contribution >= 0.6 is 11.8 Å². The van der Waals surface area contributed by atoms with Gasteiger partial charge in [-0.1, -0.05) is 32.0 Å². The first kappa shape index (κ1) is 20.2. The van der Waals surface area contributed by atoms with Crippen molar-refractivity contribution in [2.75, 3.05) is 18.2 Å². The highest BCUT2D eigenvalue weighted by atomic mass is 32.2. The van der Waals surface area contributed by atoms with Crippen LogP contribution in [-0.2, 0) is 17.6 Å². The molecule has 0 aliphatic rings. The Labute approximate surface area is 170 Å². The van der Waals surface area contributed by atoms with E-state index in [1.165, 1.54) is 22.9 Å². The normalized spacial score (nSPS) is 10.9. The summed E-state index contributed by atoms with van der Waals surface area (Å²) in [4.78, 5) is 18.3. The number of thioether (sulfide) groups is 1. The average molecular weight is 395 g/mol. The third-order valence-corrected chi connectivity index (χ3v) is 5.78. The molecule has 0 radical (unpaired) electrons. The van der Waals surface area contributed by atoms with Gasteiger partial charge < -0.3 is 10.1 Å². The Kier molecular flexibility index (Phi) is 6.57. The number of methoxy groups -OCH3 is 1. The van der Waals surface area contributed by atoms with Gasteiger partial charge in [-0.05, 0) is 55.2 Å². The van der Waals surface area contributed by atoms with E-state index in [-0.39, 0.29) is 5.91 Å². The molecule has 0 saturated heterocycles. The number of para-hydroxylation sites is 1.